The van der Waals surface area contributed by atoms with Gasteiger partial charge in [-0.1, -0.05) is 35.9 Å². The Morgan fingerprint density at radius 3 is 2.46 bits per heavy atom. The van der Waals surface area contributed by atoms with E-state index >= 15 is 0 Å². The van der Waals surface area contributed by atoms with Gasteiger partial charge < -0.3 is 10.4 Å². The largest absolute Gasteiger partial charge is 0.477 e. The quantitative estimate of drug-likeness (QED) is 0.502. The Morgan fingerprint density at radius 1 is 1.18 bits per heavy atom. The van der Waals surface area contributed by atoms with Crippen molar-refractivity contribution in [3.8, 4) is 11.1 Å². The maximum absolute atomic E-state index is 12.5. The van der Waals surface area contributed by atoms with Crippen molar-refractivity contribution < 1.29 is 14.7 Å². The first kappa shape index (κ1) is 19.1. The normalized spacial score (nSPS) is 15.8. The van der Waals surface area contributed by atoms with E-state index in [0.29, 0.717) is 22.7 Å². The Hall–Kier alpha value is -2.28. The molecule has 2 N–H and O–H groups in total. The van der Waals surface area contributed by atoms with Crippen LogP contribution in [-0.2, 0) is 4.79 Å². The summed E-state index contributed by atoms with van der Waals surface area (Å²) in [7, 11) is 0. The van der Waals surface area contributed by atoms with Gasteiger partial charge in [-0.15, -0.1) is 23.1 Å². The van der Waals surface area contributed by atoms with Gasteiger partial charge >= 0.3 is 5.97 Å². The summed E-state index contributed by atoms with van der Waals surface area (Å²) in [6, 6.07) is 15.1. The molecule has 0 bridgehead atoms. The third-order valence-electron chi connectivity index (χ3n) is 4.75. The van der Waals surface area contributed by atoms with Gasteiger partial charge in [-0.3, -0.25) is 4.79 Å². The number of benzene rings is 2. The number of aromatic carboxylic acids is 1. The summed E-state index contributed by atoms with van der Waals surface area (Å²) in [4.78, 5) is 26.7. The van der Waals surface area contributed by atoms with Crippen molar-refractivity contribution in [2.75, 3.05) is 11.6 Å². The molecule has 28 heavy (non-hydrogen) atoms. The maximum atomic E-state index is 12.5. The molecule has 0 saturated carbocycles. The number of carbonyl (C=O) groups is 2. The number of nitrogens with one attached hydrogen (secondary N) is 1. The van der Waals surface area contributed by atoms with Gasteiger partial charge in [-0.2, -0.15) is 0 Å². The first-order valence-electron chi connectivity index (χ1n) is 8.57. The van der Waals surface area contributed by atoms with E-state index in [1.807, 2.05) is 30.5 Å². The second-order valence-electron chi connectivity index (χ2n) is 6.44. The Balaban J connectivity index is 1.89. The highest BCUT2D eigenvalue weighted by atomic mass is 35.5. The van der Waals surface area contributed by atoms with Crippen LogP contribution in [0.5, 0.6) is 0 Å². The number of anilines is 1. The van der Waals surface area contributed by atoms with E-state index < -0.39 is 5.97 Å². The van der Waals surface area contributed by atoms with Gasteiger partial charge in [0.05, 0.1) is 5.69 Å². The third-order valence-corrected chi connectivity index (χ3v) is 7.04. The molecule has 142 valence electrons. The maximum Gasteiger partial charge on any atom is 0.346 e. The number of amides is 1. The van der Waals surface area contributed by atoms with Gasteiger partial charge in [-0.25, -0.2) is 4.79 Å². The van der Waals surface area contributed by atoms with Crippen molar-refractivity contribution in [1.29, 1.82) is 0 Å². The molecule has 1 amide bonds. The van der Waals surface area contributed by atoms with Gasteiger partial charge in [-0.05, 0) is 41.6 Å². The predicted molar refractivity (Wildman–Crippen MR) is 115 cm³/mol. The molecule has 1 aliphatic rings. The van der Waals surface area contributed by atoms with E-state index in [2.05, 4.69) is 5.32 Å². The first-order valence-corrected chi connectivity index (χ1v) is 11.0. The zero-order valence-electron chi connectivity index (χ0n) is 14.9. The number of carboxylic acid groups (broad SMARTS) is 1. The SMILES string of the molecule is CSc1ccc([C@H]2CC(=O)Nc3c2sc(C(=O)O)c3-c2ccc(Cl)cc2)cc1. The zero-order chi connectivity index (χ0) is 19.8. The molecule has 4 nitrogen and oxygen atoms in total. The third kappa shape index (κ3) is 3.43. The van der Waals surface area contributed by atoms with Gasteiger partial charge in [0.1, 0.15) is 4.88 Å². The average Bonchev–Trinajstić information content (AvgIpc) is 3.07. The molecular formula is C21H16ClNO3S2. The molecule has 1 aromatic heterocycles. The summed E-state index contributed by atoms with van der Waals surface area (Å²) in [5.74, 6) is -1.28. The topological polar surface area (TPSA) is 66.4 Å². The van der Waals surface area contributed by atoms with Crippen LogP contribution in [0, 0.1) is 0 Å². The lowest BCUT2D eigenvalue weighted by atomic mass is 9.89. The number of thiophene rings is 1. The van der Waals surface area contributed by atoms with Crippen LogP contribution in [0.2, 0.25) is 5.02 Å². The Bertz CT molecular complexity index is 1060. The minimum absolute atomic E-state index is 0.114. The molecule has 4 rings (SSSR count). The zero-order valence-corrected chi connectivity index (χ0v) is 17.3. The second-order valence-corrected chi connectivity index (χ2v) is 8.80. The molecule has 0 radical (unpaired) electrons. The monoisotopic (exact) mass is 429 g/mol. The highest BCUT2D eigenvalue weighted by molar-refractivity contribution is 7.98. The summed E-state index contributed by atoms with van der Waals surface area (Å²) in [6.45, 7) is 0. The number of carboxylic acids is 1. The van der Waals surface area contributed by atoms with Crippen molar-refractivity contribution in [3.05, 3.63) is 68.9 Å². The highest BCUT2D eigenvalue weighted by Gasteiger charge is 2.34. The number of thioether (sulfide) groups is 1. The lowest BCUT2D eigenvalue weighted by Crippen LogP contribution is -2.22. The van der Waals surface area contributed by atoms with E-state index in [9.17, 15) is 14.7 Å². The number of hydrogen-bond donors (Lipinski definition) is 2. The van der Waals surface area contributed by atoms with Gasteiger partial charge in [0.2, 0.25) is 5.91 Å². The molecule has 0 spiro atoms. The van der Waals surface area contributed by atoms with Gasteiger partial charge in [0.25, 0.3) is 0 Å². The van der Waals surface area contributed by atoms with Crippen molar-refractivity contribution in [2.24, 2.45) is 0 Å². The minimum atomic E-state index is -1.00. The fraction of sp³-hybridized carbons (Fsp3) is 0.143. The molecule has 0 saturated heterocycles. The molecule has 2 aromatic carbocycles. The average molecular weight is 430 g/mol. The van der Waals surface area contributed by atoms with Gasteiger partial charge in [0.15, 0.2) is 0 Å². The molecule has 3 aromatic rings. The fourth-order valence-electron chi connectivity index (χ4n) is 3.43. The summed E-state index contributed by atoms with van der Waals surface area (Å²) in [6.07, 6.45) is 2.31. The molecule has 0 aliphatic carbocycles. The summed E-state index contributed by atoms with van der Waals surface area (Å²) >= 11 is 8.87. The van der Waals surface area contributed by atoms with E-state index in [0.717, 1.165) is 20.9 Å². The Morgan fingerprint density at radius 2 is 1.86 bits per heavy atom. The molecule has 7 heteroatoms. The van der Waals surface area contributed by atoms with Crippen LogP contribution in [0.4, 0.5) is 5.69 Å². The summed E-state index contributed by atoms with van der Waals surface area (Å²) < 4.78 is 0. The fourth-order valence-corrected chi connectivity index (χ4v) is 5.22. The van der Waals surface area contributed by atoms with Crippen molar-refractivity contribution >= 4 is 52.3 Å². The van der Waals surface area contributed by atoms with E-state index in [1.165, 1.54) is 11.3 Å². The van der Waals surface area contributed by atoms with Gasteiger partial charge in [0, 0.05) is 32.7 Å². The number of hydrogen-bond acceptors (Lipinski definition) is 4. The first-order chi connectivity index (χ1) is 13.5. The number of rotatable bonds is 4. The molecular weight excluding hydrogens is 414 g/mol. The van der Waals surface area contributed by atoms with E-state index in [-0.39, 0.29) is 16.7 Å². The lowest BCUT2D eigenvalue weighted by Gasteiger charge is -2.24. The van der Waals surface area contributed by atoms with Crippen LogP contribution in [0.15, 0.2) is 53.4 Å². The number of carbonyl (C=O) groups excluding carboxylic acids is 1. The standard InChI is InChI=1S/C21H16ClNO3S2/c1-27-14-8-4-11(5-9-14)15-10-16(24)23-18-17(12-2-6-13(22)7-3-12)20(21(25)26)28-19(15)18/h2-9,15H,10H2,1H3,(H,23,24)(H,25,26)/t15-/m1/s1. The summed E-state index contributed by atoms with van der Waals surface area (Å²) in [5.41, 5.74) is 2.87. The molecule has 0 fully saturated rings. The van der Waals surface area contributed by atoms with Crippen LogP contribution >= 0.6 is 34.7 Å². The number of halogens is 1. The van der Waals surface area contributed by atoms with E-state index in [1.54, 1.807) is 36.0 Å². The summed E-state index contributed by atoms with van der Waals surface area (Å²) in [5, 5.41) is 13.3. The molecule has 0 unspecified atom stereocenters. The molecule has 1 atom stereocenters. The van der Waals surface area contributed by atoms with Crippen molar-refractivity contribution in [3.63, 3.8) is 0 Å². The Labute approximate surface area is 175 Å². The lowest BCUT2D eigenvalue weighted by molar-refractivity contribution is -0.116. The van der Waals surface area contributed by atoms with Crippen molar-refractivity contribution in [2.45, 2.75) is 17.2 Å². The predicted octanol–water partition coefficient (Wildman–Crippen LogP) is 5.96. The second kappa shape index (κ2) is 7.62. The smallest absolute Gasteiger partial charge is 0.346 e. The molecule has 1 aliphatic heterocycles. The van der Waals surface area contributed by atoms with Crippen LogP contribution in [0.3, 0.4) is 0 Å². The van der Waals surface area contributed by atoms with E-state index in [4.69, 9.17) is 11.6 Å². The molecule has 2 heterocycles. The number of fused-ring (bicyclic) bond motifs is 1. The highest BCUT2D eigenvalue weighted by Crippen LogP contribution is 2.49. The minimum Gasteiger partial charge on any atom is -0.477 e. The van der Waals surface area contributed by atoms with Crippen LogP contribution in [-0.4, -0.2) is 23.2 Å². The van der Waals surface area contributed by atoms with Crippen LogP contribution < -0.4 is 5.32 Å². The Kier molecular flexibility index (Phi) is 5.19. The van der Waals surface area contributed by atoms with Crippen LogP contribution in [0.25, 0.3) is 11.1 Å². The van der Waals surface area contributed by atoms with Crippen LogP contribution in [0.1, 0.15) is 32.5 Å². The van der Waals surface area contributed by atoms with Crippen molar-refractivity contribution in [1.82, 2.24) is 0 Å².